The molecular formula is C15H20N8O. The van der Waals surface area contributed by atoms with Gasteiger partial charge in [-0.25, -0.2) is 0 Å². The lowest BCUT2D eigenvalue weighted by Gasteiger charge is -2.15. The Morgan fingerprint density at radius 1 is 1.25 bits per heavy atom. The predicted octanol–water partition coefficient (Wildman–Crippen LogP) is 1.12. The molecule has 24 heavy (non-hydrogen) atoms. The van der Waals surface area contributed by atoms with E-state index >= 15 is 0 Å². The van der Waals surface area contributed by atoms with E-state index in [1.807, 2.05) is 31.2 Å². The van der Waals surface area contributed by atoms with E-state index in [0.717, 1.165) is 12.0 Å². The Hall–Kier alpha value is -2.94. The summed E-state index contributed by atoms with van der Waals surface area (Å²) in [6.07, 6.45) is 0.750. The summed E-state index contributed by atoms with van der Waals surface area (Å²) in [4.78, 5) is 8.75. The lowest BCUT2D eigenvalue weighted by molar-refractivity contribution is 0.271. The summed E-state index contributed by atoms with van der Waals surface area (Å²) in [6.45, 7) is 2.47. The number of benzene rings is 1. The minimum atomic E-state index is -0.119. The molecule has 3 rings (SSSR count). The van der Waals surface area contributed by atoms with Crippen LogP contribution in [0.2, 0.25) is 0 Å². The minimum absolute atomic E-state index is 0.0000232. The highest BCUT2D eigenvalue weighted by Gasteiger charge is 2.14. The molecule has 1 unspecified atom stereocenters. The number of hydrogen-bond acceptors (Lipinski definition) is 8. The van der Waals surface area contributed by atoms with Crippen molar-refractivity contribution in [3.63, 3.8) is 0 Å². The van der Waals surface area contributed by atoms with Gasteiger partial charge in [0.1, 0.15) is 0 Å². The summed E-state index contributed by atoms with van der Waals surface area (Å²) in [5.74, 6) is 0.938. The SMILES string of the molecule is CCC(CO)Nc1nc(NCc2ccccc2N)c2n[nH]nc2n1. The highest BCUT2D eigenvalue weighted by molar-refractivity contribution is 5.83. The lowest BCUT2D eigenvalue weighted by Crippen LogP contribution is -2.24. The van der Waals surface area contributed by atoms with Crippen molar-refractivity contribution in [3.8, 4) is 0 Å². The van der Waals surface area contributed by atoms with Crippen LogP contribution in [0.5, 0.6) is 0 Å². The normalized spacial score (nSPS) is 12.2. The van der Waals surface area contributed by atoms with Gasteiger partial charge >= 0.3 is 0 Å². The molecule has 0 saturated carbocycles. The molecule has 3 aromatic rings. The number of nitrogens with two attached hydrogens (primary N) is 1. The number of aliphatic hydroxyl groups excluding tert-OH is 1. The minimum Gasteiger partial charge on any atom is -0.398 e. The van der Waals surface area contributed by atoms with Crippen LogP contribution in [0.3, 0.4) is 0 Å². The molecule has 2 aromatic heterocycles. The Balaban J connectivity index is 1.86. The number of nitrogen functional groups attached to an aromatic ring is 1. The van der Waals surface area contributed by atoms with Crippen LogP contribution in [0.25, 0.3) is 11.2 Å². The second-order valence-corrected chi connectivity index (χ2v) is 5.38. The van der Waals surface area contributed by atoms with E-state index in [1.165, 1.54) is 0 Å². The van der Waals surface area contributed by atoms with Gasteiger partial charge in [0, 0.05) is 12.2 Å². The van der Waals surface area contributed by atoms with Gasteiger partial charge in [-0.05, 0) is 18.1 Å². The van der Waals surface area contributed by atoms with Crippen molar-refractivity contribution < 1.29 is 5.11 Å². The number of anilines is 3. The van der Waals surface area contributed by atoms with Crippen LogP contribution in [0.1, 0.15) is 18.9 Å². The molecule has 9 nitrogen and oxygen atoms in total. The van der Waals surface area contributed by atoms with E-state index in [0.29, 0.717) is 35.2 Å². The average Bonchev–Trinajstić information content (AvgIpc) is 3.07. The number of fused-ring (bicyclic) bond motifs is 1. The second-order valence-electron chi connectivity index (χ2n) is 5.38. The zero-order chi connectivity index (χ0) is 16.9. The Labute approximate surface area is 138 Å². The van der Waals surface area contributed by atoms with Crippen LogP contribution in [-0.2, 0) is 6.54 Å². The van der Waals surface area contributed by atoms with E-state index in [-0.39, 0.29) is 12.6 Å². The van der Waals surface area contributed by atoms with E-state index in [1.54, 1.807) is 0 Å². The van der Waals surface area contributed by atoms with Crippen molar-refractivity contribution in [2.24, 2.45) is 0 Å². The maximum atomic E-state index is 9.33. The van der Waals surface area contributed by atoms with Crippen molar-refractivity contribution in [3.05, 3.63) is 29.8 Å². The maximum absolute atomic E-state index is 9.33. The van der Waals surface area contributed by atoms with Crippen LogP contribution in [0.15, 0.2) is 24.3 Å². The van der Waals surface area contributed by atoms with Crippen molar-refractivity contribution in [1.29, 1.82) is 0 Å². The van der Waals surface area contributed by atoms with Crippen LogP contribution < -0.4 is 16.4 Å². The van der Waals surface area contributed by atoms with Crippen LogP contribution >= 0.6 is 0 Å². The molecule has 0 radical (unpaired) electrons. The summed E-state index contributed by atoms with van der Waals surface area (Å²) in [7, 11) is 0. The third kappa shape index (κ3) is 3.35. The van der Waals surface area contributed by atoms with Gasteiger partial charge < -0.3 is 21.5 Å². The molecule has 0 fully saturated rings. The Morgan fingerprint density at radius 3 is 2.83 bits per heavy atom. The molecule has 0 spiro atoms. The van der Waals surface area contributed by atoms with Crippen LogP contribution in [0, 0.1) is 0 Å². The first-order valence-corrected chi connectivity index (χ1v) is 7.74. The van der Waals surface area contributed by atoms with Gasteiger partial charge in [-0.15, -0.1) is 5.10 Å². The highest BCUT2D eigenvalue weighted by Crippen LogP contribution is 2.20. The van der Waals surface area contributed by atoms with Crippen LogP contribution in [-0.4, -0.2) is 43.1 Å². The predicted molar refractivity (Wildman–Crippen MR) is 92.4 cm³/mol. The smallest absolute Gasteiger partial charge is 0.227 e. The van der Waals surface area contributed by atoms with Gasteiger partial charge in [0.25, 0.3) is 0 Å². The van der Waals surface area contributed by atoms with E-state index in [4.69, 9.17) is 5.73 Å². The molecule has 0 aliphatic heterocycles. The first-order valence-electron chi connectivity index (χ1n) is 7.74. The van der Waals surface area contributed by atoms with E-state index in [9.17, 15) is 5.11 Å². The number of H-pyrrole nitrogens is 1. The van der Waals surface area contributed by atoms with Crippen molar-refractivity contribution in [2.45, 2.75) is 25.9 Å². The largest absolute Gasteiger partial charge is 0.398 e. The van der Waals surface area contributed by atoms with Gasteiger partial charge in [-0.1, -0.05) is 25.1 Å². The molecular weight excluding hydrogens is 308 g/mol. The van der Waals surface area contributed by atoms with Gasteiger partial charge in [0.2, 0.25) is 11.6 Å². The van der Waals surface area contributed by atoms with Gasteiger partial charge in [-0.2, -0.15) is 20.3 Å². The first kappa shape index (κ1) is 15.9. The zero-order valence-corrected chi connectivity index (χ0v) is 13.3. The summed E-state index contributed by atoms with van der Waals surface area (Å²) < 4.78 is 0. The average molecular weight is 328 g/mol. The maximum Gasteiger partial charge on any atom is 0.227 e. The number of rotatable bonds is 7. The lowest BCUT2D eigenvalue weighted by atomic mass is 10.2. The molecule has 2 heterocycles. The molecule has 1 atom stereocenters. The first-order chi connectivity index (χ1) is 11.7. The topological polar surface area (TPSA) is 138 Å². The summed E-state index contributed by atoms with van der Waals surface area (Å²) in [6, 6.07) is 7.50. The Morgan fingerprint density at radius 2 is 2.08 bits per heavy atom. The quantitative estimate of drug-likeness (QED) is 0.407. The van der Waals surface area contributed by atoms with Crippen molar-refractivity contribution >= 4 is 28.6 Å². The molecule has 6 N–H and O–H groups in total. The molecule has 0 saturated heterocycles. The van der Waals surface area contributed by atoms with E-state index < -0.39 is 0 Å². The monoisotopic (exact) mass is 328 g/mol. The number of nitrogens with zero attached hydrogens (tertiary/aromatic N) is 4. The Bertz CT molecular complexity index is 814. The van der Waals surface area contributed by atoms with Gasteiger partial charge in [-0.3, -0.25) is 0 Å². The summed E-state index contributed by atoms with van der Waals surface area (Å²) in [5, 5.41) is 26.3. The summed E-state index contributed by atoms with van der Waals surface area (Å²) >= 11 is 0. The number of hydrogen-bond donors (Lipinski definition) is 5. The molecule has 0 aliphatic carbocycles. The van der Waals surface area contributed by atoms with Crippen LogP contribution in [0.4, 0.5) is 17.5 Å². The highest BCUT2D eigenvalue weighted by atomic mass is 16.3. The molecule has 126 valence electrons. The molecule has 0 aliphatic rings. The number of aliphatic hydroxyl groups is 1. The second kappa shape index (κ2) is 7.09. The van der Waals surface area contributed by atoms with E-state index in [2.05, 4.69) is 36.0 Å². The van der Waals surface area contributed by atoms with Crippen molar-refractivity contribution in [1.82, 2.24) is 25.4 Å². The molecule has 0 bridgehead atoms. The molecule has 1 aromatic carbocycles. The number of nitrogens with one attached hydrogen (secondary N) is 3. The third-order valence-electron chi connectivity index (χ3n) is 3.73. The fourth-order valence-corrected chi connectivity index (χ4v) is 2.27. The number of aromatic nitrogens is 5. The fourth-order valence-electron chi connectivity index (χ4n) is 2.27. The van der Waals surface area contributed by atoms with Gasteiger partial charge in [0.15, 0.2) is 11.3 Å². The molecule has 0 amide bonds. The number of para-hydroxylation sites is 1. The van der Waals surface area contributed by atoms with Crippen molar-refractivity contribution in [2.75, 3.05) is 23.0 Å². The standard InChI is InChI=1S/C15H20N8O/c1-2-10(8-24)18-15-19-13(12-14(20-15)22-23-21-12)17-7-9-5-3-4-6-11(9)16/h3-6,10,24H,2,7-8,16H2,1H3,(H3,17,18,19,20,21,22,23). The summed E-state index contributed by atoms with van der Waals surface area (Å²) in [5.41, 5.74) is 8.63. The molecule has 9 heteroatoms. The number of aromatic amines is 1. The Kier molecular flexibility index (Phi) is 4.71. The fraction of sp³-hybridized carbons (Fsp3) is 0.333. The third-order valence-corrected chi connectivity index (χ3v) is 3.73. The van der Waals surface area contributed by atoms with Gasteiger partial charge in [0.05, 0.1) is 12.6 Å². The zero-order valence-electron chi connectivity index (χ0n) is 13.3.